The number of hydrogen-bond donors (Lipinski definition) is 1. The van der Waals surface area contributed by atoms with E-state index in [-0.39, 0.29) is 0 Å². The Morgan fingerprint density at radius 2 is 1.59 bits per heavy atom. The molecule has 0 heterocycles. The number of nitrogens with two attached hydrogens (primary N) is 1. The van der Waals surface area contributed by atoms with Gasteiger partial charge in [-0.05, 0) is 57.8 Å². The van der Waals surface area contributed by atoms with Gasteiger partial charge >= 0.3 is 0 Å². The SMILES string of the molecule is NC(CC1=CCCCC1)C1=CCCCCCC1. The molecule has 2 aliphatic rings. The molecule has 0 saturated carbocycles. The fourth-order valence-electron chi connectivity index (χ4n) is 3.06. The lowest BCUT2D eigenvalue weighted by molar-refractivity contribution is 0.583. The van der Waals surface area contributed by atoms with E-state index in [2.05, 4.69) is 12.2 Å². The molecule has 2 rings (SSSR count). The van der Waals surface area contributed by atoms with Crippen LogP contribution in [0.15, 0.2) is 23.3 Å². The van der Waals surface area contributed by atoms with Gasteiger partial charge in [-0.15, -0.1) is 0 Å². The summed E-state index contributed by atoms with van der Waals surface area (Å²) in [6.45, 7) is 0. The van der Waals surface area contributed by atoms with Gasteiger partial charge in [-0.2, -0.15) is 0 Å². The fourth-order valence-corrected chi connectivity index (χ4v) is 3.06. The van der Waals surface area contributed by atoms with Gasteiger partial charge in [-0.25, -0.2) is 0 Å². The zero-order valence-corrected chi connectivity index (χ0v) is 11.1. The highest BCUT2D eigenvalue weighted by molar-refractivity contribution is 5.17. The predicted molar refractivity (Wildman–Crippen MR) is 74.9 cm³/mol. The van der Waals surface area contributed by atoms with E-state index in [4.69, 9.17) is 5.73 Å². The average molecular weight is 233 g/mol. The molecule has 0 amide bonds. The van der Waals surface area contributed by atoms with Gasteiger partial charge in [0, 0.05) is 6.04 Å². The Kier molecular flexibility index (Phi) is 5.31. The summed E-state index contributed by atoms with van der Waals surface area (Å²) < 4.78 is 0. The molecule has 0 fully saturated rings. The quantitative estimate of drug-likeness (QED) is 0.714. The van der Waals surface area contributed by atoms with Crippen molar-refractivity contribution in [3.05, 3.63) is 23.3 Å². The Balaban J connectivity index is 1.88. The monoisotopic (exact) mass is 233 g/mol. The molecule has 1 atom stereocenters. The summed E-state index contributed by atoms with van der Waals surface area (Å²) in [5.74, 6) is 0. The van der Waals surface area contributed by atoms with E-state index >= 15 is 0 Å². The Hall–Kier alpha value is -0.560. The molecule has 0 aliphatic heterocycles. The molecule has 1 heteroatoms. The van der Waals surface area contributed by atoms with Gasteiger partial charge in [0.25, 0.3) is 0 Å². The lowest BCUT2D eigenvalue weighted by Gasteiger charge is -2.21. The fraction of sp³-hybridized carbons (Fsp3) is 0.750. The van der Waals surface area contributed by atoms with Crippen LogP contribution < -0.4 is 5.73 Å². The third-order valence-electron chi connectivity index (χ3n) is 4.17. The van der Waals surface area contributed by atoms with E-state index < -0.39 is 0 Å². The first-order valence-corrected chi connectivity index (χ1v) is 7.48. The number of rotatable bonds is 3. The molecule has 17 heavy (non-hydrogen) atoms. The lowest BCUT2D eigenvalue weighted by Crippen LogP contribution is -2.24. The zero-order chi connectivity index (χ0) is 11.9. The second kappa shape index (κ2) is 7.00. The van der Waals surface area contributed by atoms with Crippen molar-refractivity contribution in [1.29, 1.82) is 0 Å². The van der Waals surface area contributed by atoms with E-state index in [1.54, 1.807) is 5.57 Å². The van der Waals surface area contributed by atoms with Crippen molar-refractivity contribution >= 4 is 0 Å². The maximum atomic E-state index is 6.39. The van der Waals surface area contributed by atoms with Crippen molar-refractivity contribution in [1.82, 2.24) is 0 Å². The molecule has 0 aromatic heterocycles. The molecule has 1 nitrogen and oxygen atoms in total. The van der Waals surface area contributed by atoms with Crippen molar-refractivity contribution in [2.75, 3.05) is 0 Å². The van der Waals surface area contributed by atoms with Gasteiger partial charge < -0.3 is 5.73 Å². The highest BCUT2D eigenvalue weighted by atomic mass is 14.6. The number of hydrogen-bond acceptors (Lipinski definition) is 1. The van der Waals surface area contributed by atoms with Crippen LogP contribution in [-0.2, 0) is 0 Å². The summed E-state index contributed by atoms with van der Waals surface area (Å²) >= 11 is 0. The van der Waals surface area contributed by atoms with Crippen LogP contribution in [0.5, 0.6) is 0 Å². The van der Waals surface area contributed by atoms with Crippen molar-refractivity contribution in [3.63, 3.8) is 0 Å². The van der Waals surface area contributed by atoms with E-state index in [1.807, 2.05) is 0 Å². The summed E-state index contributed by atoms with van der Waals surface area (Å²) in [5, 5.41) is 0. The van der Waals surface area contributed by atoms with Crippen LogP contribution in [0.1, 0.15) is 70.6 Å². The van der Waals surface area contributed by atoms with E-state index in [9.17, 15) is 0 Å². The minimum atomic E-state index is 0.303. The first-order chi connectivity index (χ1) is 8.36. The molecule has 0 spiro atoms. The summed E-state index contributed by atoms with van der Waals surface area (Å²) in [7, 11) is 0. The molecule has 0 aromatic rings. The maximum Gasteiger partial charge on any atom is 0.0291 e. The van der Waals surface area contributed by atoms with Crippen molar-refractivity contribution in [2.45, 2.75) is 76.7 Å². The summed E-state index contributed by atoms with van der Waals surface area (Å²) in [6.07, 6.45) is 19.3. The number of allylic oxidation sites excluding steroid dienone is 2. The minimum absolute atomic E-state index is 0.303. The molecular weight excluding hydrogens is 206 g/mol. The summed E-state index contributed by atoms with van der Waals surface area (Å²) in [4.78, 5) is 0. The molecular formula is C16H27N. The Morgan fingerprint density at radius 3 is 2.41 bits per heavy atom. The Bertz CT molecular complexity index is 288. The molecule has 0 aromatic carbocycles. The lowest BCUT2D eigenvalue weighted by atomic mass is 9.88. The van der Waals surface area contributed by atoms with Crippen LogP contribution in [0.25, 0.3) is 0 Å². The first kappa shape index (κ1) is 12.9. The molecule has 2 N–H and O–H groups in total. The zero-order valence-electron chi connectivity index (χ0n) is 11.1. The summed E-state index contributed by atoms with van der Waals surface area (Å²) in [6, 6.07) is 0.303. The van der Waals surface area contributed by atoms with Crippen molar-refractivity contribution in [3.8, 4) is 0 Å². The molecule has 0 bridgehead atoms. The van der Waals surface area contributed by atoms with Crippen LogP contribution in [0.3, 0.4) is 0 Å². The largest absolute Gasteiger partial charge is 0.324 e. The predicted octanol–water partition coefficient (Wildman–Crippen LogP) is 4.48. The normalized spacial score (nSPS) is 24.3. The standard InChI is InChI=1S/C16H27N/c17-16(13-14-9-5-4-6-10-14)15-11-7-2-1-3-8-12-15/h9,11,16H,1-8,10,12-13,17H2. The first-order valence-electron chi connectivity index (χ1n) is 7.48. The van der Waals surface area contributed by atoms with Gasteiger partial charge in [-0.1, -0.05) is 36.1 Å². The van der Waals surface area contributed by atoms with Gasteiger partial charge in [0.15, 0.2) is 0 Å². The maximum absolute atomic E-state index is 6.39. The second-order valence-electron chi connectivity index (χ2n) is 5.65. The van der Waals surface area contributed by atoms with Crippen molar-refractivity contribution < 1.29 is 0 Å². The molecule has 0 saturated heterocycles. The highest BCUT2D eigenvalue weighted by Crippen LogP contribution is 2.26. The van der Waals surface area contributed by atoms with Gasteiger partial charge in [0.1, 0.15) is 0 Å². The van der Waals surface area contributed by atoms with Gasteiger partial charge in [0.2, 0.25) is 0 Å². The third kappa shape index (κ3) is 4.31. The van der Waals surface area contributed by atoms with Gasteiger partial charge in [-0.3, -0.25) is 0 Å². The minimum Gasteiger partial charge on any atom is -0.324 e. The van der Waals surface area contributed by atoms with E-state index in [1.165, 1.54) is 69.8 Å². The van der Waals surface area contributed by atoms with Crippen LogP contribution in [0.2, 0.25) is 0 Å². The Labute approximate surface area is 106 Å². The molecule has 1 unspecified atom stereocenters. The van der Waals surface area contributed by atoms with Gasteiger partial charge in [0.05, 0.1) is 0 Å². The van der Waals surface area contributed by atoms with E-state index in [0.717, 1.165) is 6.42 Å². The van der Waals surface area contributed by atoms with Crippen LogP contribution in [0.4, 0.5) is 0 Å². The van der Waals surface area contributed by atoms with Crippen LogP contribution >= 0.6 is 0 Å². The second-order valence-corrected chi connectivity index (χ2v) is 5.65. The Morgan fingerprint density at radius 1 is 0.882 bits per heavy atom. The summed E-state index contributed by atoms with van der Waals surface area (Å²) in [5.41, 5.74) is 9.55. The highest BCUT2D eigenvalue weighted by Gasteiger charge is 2.13. The molecule has 96 valence electrons. The molecule has 2 aliphatic carbocycles. The van der Waals surface area contributed by atoms with Crippen LogP contribution in [-0.4, -0.2) is 6.04 Å². The third-order valence-corrected chi connectivity index (χ3v) is 4.17. The van der Waals surface area contributed by atoms with Crippen molar-refractivity contribution in [2.24, 2.45) is 5.73 Å². The molecule has 0 radical (unpaired) electrons. The topological polar surface area (TPSA) is 26.0 Å². The van der Waals surface area contributed by atoms with Crippen LogP contribution in [0, 0.1) is 0 Å². The van der Waals surface area contributed by atoms with E-state index in [0.29, 0.717) is 6.04 Å². The average Bonchev–Trinajstić information content (AvgIpc) is 2.29. The smallest absolute Gasteiger partial charge is 0.0291 e.